The average molecular weight is 291 g/mol. The molecule has 0 spiro atoms. The third kappa shape index (κ3) is 4.56. The number of nitrogens with zero attached hydrogens (tertiary/aromatic N) is 3. The van der Waals surface area contributed by atoms with Crippen molar-refractivity contribution in [3.05, 3.63) is 11.9 Å². The standard InChI is InChI=1S/C16H29N5/c1-4-17-15-14(13(2)3)16(20-12-19-15)18-8-7-11-21-9-5-6-10-21/h12-13H,4-11H2,1-3H3,(H2,17,18,19,20). The maximum atomic E-state index is 4.44. The van der Waals surface area contributed by atoms with E-state index in [2.05, 4.69) is 46.3 Å². The van der Waals surface area contributed by atoms with Gasteiger partial charge in [-0.25, -0.2) is 9.97 Å². The van der Waals surface area contributed by atoms with E-state index < -0.39 is 0 Å². The quantitative estimate of drug-likeness (QED) is 0.721. The Hall–Kier alpha value is -1.36. The Kier molecular flexibility index (Phi) is 6.23. The van der Waals surface area contributed by atoms with Gasteiger partial charge in [-0.2, -0.15) is 0 Å². The van der Waals surface area contributed by atoms with Crippen molar-refractivity contribution in [1.29, 1.82) is 0 Å². The third-order valence-electron chi connectivity index (χ3n) is 3.95. The van der Waals surface area contributed by atoms with E-state index >= 15 is 0 Å². The van der Waals surface area contributed by atoms with Gasteiger partial charge in [-0.1, -0.05) is 13.8 Å². The van der Waals surface area contributed by atoms with Crippen LogP contribution in [0.1, 0.15) is 51.5 Å². The number of nitrogens with one attached hydrogen (secondary N) is 2. The highest BCUT2D eigenvalue weighted by Gasteiger charge is 2.14. The Labute approximate surface area is 128 Å². The Morgan fingerprint density at radius 3 is 2.43 bits per heavy atom. The van der Waals surface area contributed by atoms with Crippen LogP contribution in [0.3, 0.4) is 0 Å². The second kappa shape index (κ2) is 8.17. The Morgan fingerprint density at radius 2 is 1.81 bits per heavy atom. The van der Waals surface area contributed by atoms with E-state index in [0.29, 0.717) is 5.92 Å². The fourth-order valence-corrected chi connectivity index (χ4v) is 2.91. The van der Waals surface area contributed by atoms with Gasteiger partial charge in [-0.05, 0) is 51.7 Å². The fourth-order valence-electron chi connectivity index (χ4n) is 2.91. The minimum Gasteiger partial charge on any atom is -0.370 e. The summed E-state index contributed by atoms with van der Waals surface area (Å²) in [4.78, 5) is 11.4. The van der Waals surface area contributed by atoms with E-state index in [-0.39, 0.29) is 0 Å². The zero-order valence-corrected chi connectivity index (χ0v) is 13.7. The Morgan fingerprint density at radius 1 is 1.14 bits per heavy atom. The molecule has 0 bridgehead atoms. The van der Waals surface area contributed by atoms with Crippen molar-refractivity contribution in [2.75, 3.05) is 43.4 Å². The highest BCUT2D eigenvalue weighted by Crippen LogP contribution is 2.28. The molecule has 1 saturated heterocycles. The fraction of sp³-hybridized carbons (Fsp3) is 0.750. The smallest absolute Gasteiger partial charge is 0.134 e. The Bertz CT molecular complexity index is 427. The summed E-state index contributed by atoms with van der Waals surface area (Å²) in [6.07, 6.45) is 5.54. The predicted octanol–water partition coefficient (Wildman–Crippen LogP) is 2.93. The molecule has 0 amide bonds. The topological polar surface area (TPSA) is 53.1 Å². The molecule has 0 atom stereocenters. The Balaban J connectivity index is 1.90. The zero-order valence-electron chi connectivity index (χ0n) is 13.7. The molecule has 1 fully saturated rings. The van der Waals surface area contributed by atoms with Crippen LogP contribution >= 0.6 is 0 Å². The first-order valence-corrected chi connectivity index (χ1v) is 8.27. The molecule has 0 saturated carbocycles. The largest absolute Gasteiger partial charge is 0.370 e. The summed E-state index contributed by atoms with van der Waals surface area (Å²) in [7, 11) is 0. The molecular weight excluding hydrogens is 262 g/mol. The van der Waals surface area contributed by atoms with Gasteiger partial charge in [0.05, 0.1) is 0 Å². The number of rotatable bonds is 8. The van der Waals surface area contributed by atoms with E-state index in [1.165, 1.54) is 38.0 Å². The van der Waals surface area contributed by atoms with E-state index in [4.69, 9.17) is 0 Å². The highest BCUT2D eigenvalue weighted by atomic mass is 15.1. The summed E-state index contributed by atoms with van der Waals surface area (Å²) in [5.41, 5.74) is 1.19. The first-order chi connectivity index (χ1) is 10.2. The van der Waals surface area contributed by atoms with Crippen molar-refractivity contribution >= 4 is 11.6 Å². The van der Waals surface area contributed by atoms with Crippen molar-refractivity contribution in [3.8, 4) is 0 Å². The monoisotopic (exact) mass is 291 g/mol. The van der Waals surface area contributed by atoms with Crippen molar-refractivity contribution < 1.29 is 0 Å². The molecule has 1 aliphatic heterocycles. The van der Waals surface area contributed by atoms with Crippen molar-refractivity contribution in [2.24, 2.45) is 0 Å². The number of hydrogen-bond donors (Lipinski definition) is 2. The summed E-state index contributed by atoms with van der Waals surface area (Å²) in [5, 5.41) is 6.83. The van der Waals surface area contributed by atoms with E-state index in [1.54, 1.807) is 6.33 Å². The second-order valence-corrected chi connectivity index (χ2v) is 6.00. The molecule has 0 radical (unpaired) electrons. The second-order valence-electron chi connectivity index (χ2n) is 6.00. The lowest BCUT2D eigenvalue weighted by Crippen LogP contribution is -2.22. The first kappa shape index (κ1) is 16.0. The van der Waals surface area contributed by atoms with Crippen molar-refractivity contribution in [3.63, 3.8) is 0 Å². The minimum absolute atomic E-state index is 0.404. The molecule has 1 aromatic heterocycles. The van der Waals surface area contributed by atoms with Crippen LogP contribution in [-0.2, 0) is 0 Å². The van der Waals surface area contributed by atoms with Gasteiger partial charge in [0.1, 0.15) is 18.0 Å². The number of anilines is 2. The summed E-state index contributed by atoms with van der Waals surface area (Å²) >= 11 is 0. The third-order valence-corrected chi connectivity index (χ3v) is 3.95. The van der Waals surface area contributed by atoms with Gasteiger partial charge in [0, 0.05) is 18.7 Å². The lowest BCUT2D eigenvalue weighted by molar-refractivity contribution is 0.337. The maximum Gasteiger partial charge on any atom is 0.134 e. The molecule has 1 aliphatic rings. The molecule has 5 nitrogen and oxygen atoms in total. The van der Waals surface area contributed by atoms with Crippen LogP contribution in [0.5, 0.6) is 0 Å². The van der Waals surface area contributed by atoms with E-state index in [9.17, 15) is 0 Å². The predicted molar refractivity (Wildman–Crippen MR) is 89.1 cm³/mol. The molecular formula is C16H29N5. The summed E-state index contributed by atoms with van der Waals surface area (Å²) in [6, 6.07) is 0. The van der Waals surface area contributed by atoms with Gasteiger partial charge in [-0.15, -0.1) is 0 Å². The molecule has 5 heteroatoms. The van der Waals surface area contributed by atoms with Crippen molar-refractivity contribution in [2.45, 2.75) is 46.0 Å². The van der Waals surface area contributed by atoms with Gasteiger partial charge < -0.3 is 15.5 Å². The normalized spacial score (nSPS) is 15.6. The van der Waals surface area contributed by atoms with Gasteiger partial charge in [0.25, 0.3) is 0 Å². The van der Waals surface area contributed by atoms with Crippen LogP contribution in [0.15, 0.2) is 6.33 Å². The molecule has 118 valence electrons. The van der Waals surface area contributed by atoms with Crippen LogP contribution < -0.4 is 10.6 Å². The summed E-state index contributed by atoms with van der Waals surface area (Å²) in [6.45, 7) is 12.1. The van der Waals surface area contributed by atoms with Gasteiger partial charge >= 0.3 is 0 Å². The first-order valence-electron chi connectivity index (χ1n) is 8.27. The lowest BCUT2D eigenvalue weighted by atomic mass is 10.0. The van der Waals surface area contributed by atoms with Gasteiger partial charge in [0.15, 0.2) is 0 Å². The van der Waals surface area contributed by atoms with Crippen LogP contribution in [0.4, 0.5) is 11.6 Å². The van der Waals surface area contributed by atoms with E-state index in [0.717, 1.165) is 31.1 Å². The van der Waals surface area contributed by atoms with Crippen LogP contribution in [0, 0.1) is 0 Å². The zero-order chi connectivity index (χ0) is 15.1. The van der Waals surface area contributed by atoms with Crippen LogP contribution in [-0.4, -0.2) is 47.6 Å². The maximum absolute atomic E-state index is 4.44. The van der Waals surface area contributed by atoms with Gasteiger partial charge in [-0.3, -0.25) is 0 Å². The number of aromatic nitrogens is 2. The minimum atomic E-state index is 0.404. The lowest BCUT2D eigenvalue weighted by Gasteiger charge is -2.18. The average Bonchev–Trinajstić information content (AvgIpc) is 2.97. The van der Waals surface area contributed by atoms with Crippen LogP contribution in [0.2, 0.25) is 0 Å². The number of hydrogen-bond acceptors (Lipinski definition) is 5. The van der Waals surface area contributed by atoms with Crippen LogP contribution in [0.25, 0.3) is 0 Å². The molecule has 21 heavy (non-hydrogen) atoms. The van der Waals surface area contributed by atoms with Crippen molar-refractivity contribution in [1.82, 2.24) is 14.9 Å². The highest BCUT2D eigenvalue weighted by molar-refractivity contribution is 5.58. The molecule has 2 rings (SSSR count). The van der Waals surface area contributed by atoms with E-state index in [1.807, 2.05) is 0 Å². The number of likely N-dealkylation sites (tertiary alicyclic amines) is 1. The molecule has 0 aliphatic carbocycles. The van der Waals surface area contributed by atoms with Gasteiger partial charge in [0.2, 0.25) is 0 Å². The molecule has 0 aromatic carbocycles. The summed E-state index contributed by atoms with van der Waals surface area (Å²) < 4.78 is 0. The SMILES string of the molecule is CCNc1ncnc(NCCCN2CCCC2)c1C(C)C. The molecule has 1 aromatic rings. The molecule has 0 unspecified atom stereocenters. The summed E-state index contributed by atoms with van der Waals surface area (Å²) in [5.74, 6) is 2.35. The molecule has 2 heterocycles. The molecule has 2 N–H and O–H groups in total.